The summed E-state index contributed by atoms with van der Waals surface area (Å²) < 4.78 is 11.0. The molecule has 0 aromatic heterocycles. The van der Waals surface area contributed by atoms with E-state index in [2.05, 4.69) is 18.8 Å². The Labute approximate surface area is 128 Å². The van der Waals surface area contributed by atoms with Gasteiger partial charge in [-0.1, -0.05) is 44.4 Å². The van der Waals surface area contributed by atoms with Crippen LogP contribution in [-0.2, 0) is 11.3 Å². The molecule has 0 bridgehead atoms. The summed E-state index contributed by atoms with van der Waals surface area (Å²) in [5, 5.41) is 0. The van der Waals surface area contributed by atoms with Gasteiger partial charge in [0, 0.05) is 12.2 Å². The molecule has 0 fully saturated rings. The largest absolute Gasteiger partial charge is 0.497 e. The molecule has 0 radical (unpaired) electrons. The third-order valence-corrected chi connectivity index (χ3v) is 3.29. The summed E-state index contributed by atoms with van der Waals surface area (Å²) in [6.45, 7) is 3.96. The standard InChI is InChI=1S/C18H27NO2/c1-3-4-5-6-7-13-21-15-17-14-18(20-2)11-10-16(17)9-8-12-19/h10-11,14H,3-7,12-13,15,19H2,1-2H3. The topological polar surface area (TPSA) is 44.5 Å². The second kappa shape index (κ2) is 11.2. The van der Waals surface area contributed by atoms with E-state index in [0.29, 0.717) is 13.2 Å². The van der Waals surface area contributed by atoms with E-state index in [1.165, 1.54) is 25.7 Å². The van der Waals surface area contributed by atoms with Crippen LogP contribution >= 0.6 is 0 Å². The smallest absolute Gasteiger partial charge is 0.119 e. The maximum Gasteiger partial charge on any atom is 0.119 e. The van der Waals surface area contributed by atoms with Crippen molar-refractivity contribution in [2.45, 2.75) is 45.6 Å². The summed E-state index contributed by atoms with van der Waals surface area (Å²) in [7, 11) is 1.67. The van der Waals surface area contributed by atoms with Crippen LogP contribution in [0.4, 0.5) is 0 Å². The Morgan fingerprint density at radius 2 is 1.95 bits per heavy atom. The molecule has 0 saturated carbocycles. The fourth-order valence-electron chi connectivity index (χ4n) is 2.07. The van der Waals surface area contributed by atoms with Crippen LogP contribution < -0.4 is 10.5 Å². The predicted octanol–water partition coefficient (Wildman–Crippen LogP) is 3.49. The molecule has 0 unspecified atom stereocenters. The van der Waals surface area contributed by atoms with Gasteiger partial charge in [-0.15, -0.1) is 0 Å². The lowest BCUT2D eigenvalue weighted by atomic mass is 10.1. The van der Waals surface area contributed by atoms with Crippen molar-refractivity contribution in [3.63, 3.8) is 0 Å². The van der Waals surface area contributed by atoms with Crippen molar-refractivity contribution in [1.82, 2.24) is 0 Å². The molecular weight excluding hydrogens is 262 g/mol. The first-order chi connectivity index (χ1) is 10.3. The van der Waals surface area contributed by atoms with E-state index in [9.17, 15) is 0 Å². The Bertz CT molecular complexity index is 460. The van der Waals surface area contributed by atoms with Gasteiger partial charge < -0.3 is 15.2 Å². The molecule has 0 spiro atoms. The average molecular weight is 289 g/mol. The lowest BCUT2D eigenvalue weighted by Crippen LogP contribution is -2.00. The van der Waals surface area contributed by atoms with E-state index < -0.39 is 0 Å². The molecule has 0 atom stereocenters. The highest BCUT2D eigenvalue weighted by Gasteiger charge is 2.03. The Balaban J connectivity index is 2.47. The van der Waals surface area contributed by atoms with Gasteiger partial charge >= 0.3 is 0 Å². The summed E-state index contributed by atoms with van der Waals surface area (Å²) in [6, 6.07) is 5.85. The number of rotatable bonds is 9. The van der Waals surface area contributed by atoms with E-state index in [4.69, 9.17) is 15.2 Å². The fourth-order valence-corrected chi connectivity index (χ4v) is 2.07. The molecule has 116 valence electrons. The van der Waals surface area contributed by atoms with Crippen LogP contribution in [0, 0.1) is 11.8 Å². The SMILES string of the molecule is CCCCCCCOCc1cc(OC)ccc1C#CCN. The van der Waals surface area contributed by atoms with Crippen molar-refractivity contribution in [1.29, 1.82) is 0 Å². The Hall–Kier alpha value is -1.50. The molecule has 0 saturated heterocycles. The van der Waals surface area contributed by atoms with Gasteiger partial charge in [0.25, 0.3) is 0 Å². The molecule has 0 aliphatic rings. The monoisotopic (exact) mass is 289 g/mol. The molecule has 21 heavy (non-hydrogen) atoms. The highest BCUT2D eigenvalue weighted by molar-refractivity contribution is 5.45. The Kier molecular flexibility index (Phi) is 9.35. The van der Waals surface area contributed by atoms with Crippen LogP contribution in [0.5, 0.6) is 5.75 Å². The minimum atomic E-state index is 0.365. The lowest BCUT2D eigenvalue weighted by Gasteiger charge is -2.09. The van der Waals surface area contributed by atoms with Crippen molar-refractivity contribution in [2.24, 2.45) is 5.73 Å². The van der Waals surface area contributed by atoms with Gasteiger partial charge in [-0.05, 0) is 30.2 Å². The zero-order valence-electron chi connectivity index (χ0n) is 13.3. The number of benzene rings is 1. The summed E-state index contributed by atoms with van der Waals surface area (Å²) in [6.07, 6.45) is 6.24. The summed E-state index contributed by atoms with van der Waals surface area (Å²) in [5.41, 5.74) is 7.46. The Morgan fingerprint density at radius 1 is 1.14 bits per heavy atom. The number of unbranched alkanes of at least 4 members (excludes halogenated alkanes) is 4. The maximum absolute atomic E-state index is 5.77. The first-order valence-electron chi connectivity index (χ1n) is 7.75. The molecule has 0 heterocycles. The minimum absolute atomic E-state index is 0.365. The second-order valence-corrected chi connectivity index (χ2v) is 5.00. The van der Waals surface area contributed by atoms with Crippen molar-refractivity contribution in [3.8, 4) is 17.6 Å². The fraction of sp³-hybridized carbons (Fsp3) is 0.556. The molecule has 3 nitrogen and oxygen atoms in total. The first kappa shape index (κ1) is 17.6. The van der Waals surface area contributed by atoms with Crippen molar-refractivity contribution in [3.05, 3.63) is 29.3 Å². The molecule has 3 heteroatoms. The number of hydrogen-bond acceptors (Lipinski definition) is 3. The highest BCUT2D eigenvalue weighted by Crippen LogP contribution is 2.18. The van der Waals surface area contributed by atoms with Crippen LogP contribution in [-0.4, -0.2) is 20.3 Å². The second-order valence-electron chi connectivity index (χ2n) is 5.00. The van der Waals surface area contributed by atoms with E-state index in [-0.39, 0.29) is 0 Å². The highest BCUT2D eigenvalue weighted by atomic mass is 16.5. The van der Waals surface area contributed by atoms with Crippen molar-refractivity contribution < 1.29 is 9.47 Å². The predicted molar refractivity (Wildman–Crippen MR) is 87.3 cm³/mol. The molecule has 2 N–H and O–H groups in total. The first-order valence-corrected chi connectivity index (χ1v) is 7.75. The van der Waals surface area contributed by atoms with Gasteiger partial charge in [0.05, 0.1) is 20.3 Å². The maximum atomic E-state index is 5.77. The zero-order chi connectivity index (χ0) is 15.3. The molecule has 0 aliphatic heterocycles. The normalized spacial score (nSPS) is 10.0. The third-order valence-electron chi connectivity index (χ3n) is 3.29. The number of nitrogens with two attached hydrogens (primary N) is 1. The number of ether oxygens (including phenoxy) is 2. The summed E-state index contributed by atoms with van der Waals surface area (Å²) >= 11 is 0. The number of hydrogen-bond donors (Lipinski definition) is 1. The van der Waals surface area contributed by atoms with E-state index >= 15 is 0 Å². The van der Waals surface area contributed by atoms with Gasteiger partial charge in [-0.3, -0.25) is 0 Å². The summed E-state index contributed by atoms with van der Waals surface area (Å²) in [5.74, 6) is 6.80. The van der Waals surface area contributed by atoms with E-state index in [1.807, 2.05) is 18.2 Å². The van der Waals surface area contributed by atoms with Gasteiger partial charge in [-0.2, -0.15) is 0 Å². The molecular formula is C18H27NO2. The van der Waals surface area contributed by atoms with Crippen LogP contribution in [0.1, 0.15) is 50.2 Å². The van der Waals surface area contributed by atoms with Gasteiger partial charge in [0.1, 0.15) is 5.75 Å². The molecule has 1 aromatic rings. The van der Waals surface area contributed by atoms with Crippen LogP contribution in [0.15, 0.2) is 18.2 Å². The van der Waals surface area contributed by atoms with Crippen LogP contribution in [0.2, 0.25) is 0 Å². The third kappa shape index (κ3) is 7.17. The lowest BCUT2D eigenvalue weighted by molar-refractivity contribution is 0.116. The van der Waals surface area contributed by atoms with Crippen molar-refractivity contribution >= 4 is 0 Å². The number of methoxy groups -OCH3 is 1. The van der Waals surface area contributed by atoms with Crippen LogP contribution in [0.25, 0.3) is 0 Å². The van der Waals surface area contributed by atoms with Crippen LogP contribution in [0.3, 0.4) is 0 Å². The van der Waals surface area contributed by atoms with Gasteiger partial charge in [-0.25, -0.2) is 0 Å². The van der Waals surface area contributed by atoms with Crippen molar-refractivity contribution in [2.75, 3.05) is 20.3 Å². The average Bonchev–Trinajstić information content (AvgIpc) is 2.52. The van der Waals surface area contributed by atoms with Gasteiger partial charge in [0.2, 0.25) is 0 Å². The minimum Gasteiger partial charge on any atom is -0.497 e. The molecule has 0 aliphatic carbocycles. The Morgan fingerprint density at radius 3 is 2.67 bits per heavy atom. The van der Waals surface area contributed by atoms with Gasteiger partial charge in [0.15, 0.2) is 0 Å². The molecule has 0 amide bonds. The quantitative estimate of drug-likeness (QED) is 0.559. The van der Waals surface area contributed by atoms with E-state index in [1.54, 1.807) is 7.11 Å². The molecule has 1 rings (SSSR count). The summed E-state index contributed by atoms with van der Waals surface area (Å²) in [4.78, 5) is 0. The van der Waals surface area contributed by atoms with E-state index in [0.717, 1.165) is 29.9 Å². The zero-order valence-corrected chi connectivity index (χ0v) is 13.3. The molecule has 1 aromatic carbocycles.